The molecular formula is C13H12N2S2. The van der Waals surface area contributed by atoms with E-state index in [4.69, 9.17) is 12.2 Å². The van der Waals surface area contributed by atoms with E-state index in [1.165, 1.54) is 15.3 Å². The number of fused-ring (bicyclic) bond motifs is 1. The number of aromatic amines is 1. The van der Waals surface area contributed by atoms with Crippen LogP contribution in [-0.2, 0) is 6.54 Å². The van der Waals surface area contributed by atoms with Gasteiger partial charge < -0.3 is 9.55 Å². The Kier molecular flexibility index (Phi) is 2.61. The first kappa shape index (κ1) is 10.7. The van der Waals surface area contributed by atoms with E-state index in [0.29, 0.717) is 0 Å². The minimum absolute atomic E-state index is 0.789. The van der Waals surface area contributed by atoms with Crippen LogP contribution in [0.5, 0.6) is 0 Å². The zero-order valence-electron chi connectivity index (χ0n) is 9.43. The van der Waals surface area contributed by atoms with Crippen LogP contribution >= 0.6 is 23.6 Å². The summed E-state index contributed by atoms with van der Waals surface area (Å²) in [6.45, 7) is 2.98. The molecule has 0 aliphatic carbocycles. The number of aromatic nitrogens is 2. The maximum atomic E-state index is 5.37. The topological polar surface area (TPSA) is 20.7 Å². The molecule has 2 heterocycles. The third-order valence-corrected chi connectivity index (χ3v) is 4.10. The van der Waals surface area contributed by atoms with Gasteiger partial charge in [0.25, 0.3) is 0 Å². The Morgan fingerprint density at radius 1 is 1.24 bits per heavy atom. The van der Waals surface area contributed by atoms with E-state index in [-0.39, 0.29) is 0 Å². The van der Waals surface area contributed by atoms with Crippen LogP contribution in [0.15, 0.2) is 36.4 Å². The van der Waals surface area contributed by atoms with Crippen molar-refractivity contribution in [2.45, 2.75) is 13.5 Å². The number of rotatable bonds is 2. The predicted octanol–water partition coefficient (Wildman–Crippen LogP) is 4.12. The maximum Gasteiger partial charge on any atom is 0.178 e. The van der Waals surface area contributed by atoms with Gasteiger partial charge in [0.1, 0.15) is 0 Å². The van der Waals surface area contributed by atoms with Crippen LogP contribution in [0.1, 0.15) is 9.75 Å². The number of hydrogen-bond donors (Lipinski definition) is 1. The minimum atomic E-state index is 0.789. The van der Waals surface area contributed by atoms with Crippen LogP contribution in [-0.4, -0.2) is 9.55 Å². The van der Waals surface area contributed by atoms with Gasteiger partial charge in [-0.05, 0) is 43.4 Å². The van der Waals surface area contributed by atoms with E-state index in [1.807, 2.05) is 23.5 Å². The molecule has 0 amide bonds. The van der Waals surface area contributed by atoms with Crippen LogP contribution < -0.4 is 0 Å². The molecular weight excluding hydrogens is 248 g/mol. The molecule has 1 N–H and O–H groups in total. The Hall–Kier alpha value is -1.39. The summed E-state index contributed by atoms with van der Waals surface area (Å²) in [4.78, 5) is 5.91. The monoisotopic (exact) mass is 260 g/mol. The molecule has 0 spiro atoms. The molecule has 0 radical (unpaired) electrons. The van der Waals surface area contributed by atoms with Gasteiger partial charge in [0.2, 0.25) is 0 Å². The van der Waals surface area contributed by atoms with Crippen molar-refractivity contribution in [2.24, 2.45) is 0 Å². The van der Waals surface area contributed by atoms with E-state index in [0.717, 1.165) is 16.8 Å². The molecule has 0 saturated heterocycles. The van der Waals surface area contributed by atoms with Gasteiger partial charge in [0.15, 0.2) is 4.77 Å². The highest BCUT2D eigenvalue weighted by Crippen LogP contribution is 2.20. The first-order valence-electron chi connectivity index (χ1n) is 5.47. The highest BCUT2D eigenvalue weighted by atomic mass is 32.1. The van der Waals surface area contributed by atoms with E-state index in [2.05, 4.69) is 40.7 Å². The molecule has 0 fully saturated rings. The fourth-order valence-corrected chi connectivity index (χ4v) is 3.14. The van der Waals surface area contributed by atoms with E-state index < -0.39 is 0 Å². The number of imidazole rings is 1. The molecule has 17 heavy (non-hydrogen) atoms. The second kappa shape index (κ2) is 4.13. The van der Waals surface area contributed by atoms with Crippen molar-refractivity contribution < 1.29 is 0 Å². The fourth-order valence-electron chi connectivity index (χ4n) is 1.99. The van der Waals surface area contributed by atoms with Gasteiger partial charge in [-0.25, -0.2) is 0 Å². The average Bonchev–Trinajstić information content (AvgIpc) is 2.85. The van der Waals surface area contributed by atoms with E-state index >= 15 is 0 Å². The molecule has 0 aliphatic heterocycles. The summed E-state index contributed by atoms with van der Waals surface area (Å²) in [5, 5.41) is 0. The number of nitrogens with zero attached hydrogens (tertiary/aromatic N) is 1. The minimum Gasteiger partial charge on any atom is -0.331 e. The van der Waals surface area contributed by atoms with Crippen molar-refractivity contribution in [3.8, 4) is 0 Å². The Morgan fingerprint density at radius 2 is 2.06 bits per heavy atom. The molecule has 0 bridgehead atoms. The number of thiophene rings is 1. The average molecular weight is 260 g/mol. The molecule has 0 unspecified atom stereocenters. The number of para-hydroxylation sites is 2. The number of benzene rings is 1. The SMILES string of the molecule is Cc1ccc(Cn2c(=S)[nH]c3ccccc32)s1. The van der Waals surface area contributed by atoms with Gasteiger partial charge in [-0.2, -0.15) is 0 Å². The highest BCUT2D eigenvalue weighted by Gasteiger charge is 2.05. The quantitative estimate of drug-likeness (QED) is 0.687. The number of hydrogen-bond acceptors (Lipinski definition) is 2. The summed E-state index contributed by atoms with van der Waals surface area (Å²) in [6, 6.07) is 12.5. The van der Waals surface area contributed by atoms with Crippen LogP contribution in [0.25, 0.3) is 11.0 Å². The van der Waals surface area contributed by atoms with Crippen LogP contribution in [0, 0.1) is 11.7 Å². The summed E-state index contributed by atoms with van der Waals surface area (Å²) in [5.74, 6) is 0. The molecule has 86 valence electrons. The second-order valence-corrected chi connectivity index (χ2v) is 5.80. The zero-order valence-corrected chi connectivity index (χ0v) is 11.1. The molecule has 0 aliphatic rings. The summed E-state index contributed by atoms with van der Waals surface area (Å²) >= 11 is 7.19. The van der Waals surface area contributed by atoms with Gasteiger partial charge in [-0.3, -0.25) is 0 Å². The van der Waals surface area contributed by atoms with Gasteiger partial charge >= 0.3 is 0 Å². The molecule has 0 saturated carbocycles. The van der Waals surface area contributed by atoms with Crippen molar-refractivity contribution in [1.29, 1.82) is 0 Å². The lowest BCUT2D eigenvalue weighted by Crippen LogP contribution is -1.97. The van der Waals surface area contributed by atoms with Crippen molar-refractivity contribution in [3.05, 3.63) is 50.9 Å². The van der Waals surface area contributed by atoms with Gasteiger partial charge in [0.05, 0.1) is 17.6 Å². The Bertz CT molecular complexity index is 718. The smallest absolute Gasteiger partial charge is 0.178 e. The molecule has 1 aromatic carbocycles. The lowest BCUT2D eigenvalue weighted by Gasteiger charge is -2.01. The first-order chi connectivity index (χ1) is 8.24. The molecule has 4 heteroatoms. The largest absolute Gasteiger partial charge is 0.331 e. The predicted molar refractivity (Wildman–Crippen MR) is 75.3 cm³/mol. The highest BCUT2D eigenvalue weighted by molar-refractivity contribution is 7.71. The van der Waals surface area contributed by atoms with Crippen LogP contribution in [0.4, 0.5) is 0 Å². The van der Waals surface area contributed by atoms with Crippen LogP contribution in [0.2, 0.25) is 0 Å². The summed E-state index contributed by atoms with van der Waals surface area (Å²) in [7, 11) is 0. The second-order valence-electron chi connectivity index (χ2n) is 4.05. The Morgan fingerprint density at radius 3 is 2.82 bits per heavy atom. The van der Waals surface area contributed by atoms with Gasteiger partial charge in [-0.1, -0.05) is 12.1 Å². The summed E-state index contributed by atoms with van der Waals surface area (Å²) in [5.41, 5.74) is 2.27. The van der Waals surface area contributed by atoms with Gasteiger partial charge in [0, 0.05) is 9.75 Å². The Balaban J connectivity index is 2.11. The lowest BCUT2D eigenvalue weighted by atomic mass is 10.3. The number of nitrogens with one attached hydrogen (secondary N) is 1. The van der Waals surface area contributed by atoms with Crippen molar-refractivity contribution >= 4 is 34.6 Å². The molecule has 3 rings (SSSR count). The lowest BCUT2D eigenvalue weighted by molar-refractivity contribution is 0.823. The third kappa shape index (κ3) is 1.94. The van der Waals surface area contributed by atoms with Crippen molar-refractivity contribution in [1.82, 2.24) is 9.55 Å². The maximum absolute atomic E-state index is 5.37. The zero-order chi connectivity index (χ0) is 11.8. The fraction of sp³-hybridized carbons (Fsp3) is 0.154. The molecule has 2 nitrogen and oxygen atoms in total. The molecule has 3 aromatic rings. The molecule has 0 atom stereocenters. The normalized spacial score (nSPS) is 11.1. The van der Waals surface area contributed by atoms with E-state index in [1.54, 1.807) is 0 Å². The first-order valence-corrected chi connectivity index (χ1v) is 6.69. The summed E-state index contributed by atoms with van der Waals surface area (Å²) < 4.78 is 2.94. The third-order valence-electron chi connectivity index (χ3n) is 2.79. The summed E-state index contributed by atoms with van der Waals surface area (Å²) in [6.07, 6.45) is 0. The van der Waals surface area contributed by atoms with Crippen molar-refractivity contribution in [2.75, 3.05) is 0 Å². The van der Waals surface area contributed by atoms with Crippen LogP contribution in [0.3, 0.4) is 0 Å². The molecule has 2 aromatic heterocycles. The van der Waals surface area contributed by atoms with Gasteiger partial charge in [-0.15, -0.1) is 11.3 Å². The number of aryl methyl sites for hydroxylation is 1. The standard InChI is InChI=1S/C13H12N2S2/c1-9-6-7-10(17-9)8-15-12-5-3-2-4-11(12)14-13(15)16/h2-7H,8H2,1H3,(H,14,16). The Labute approximate surface area is 109 Å². The van der Waals surface area contributed by atoms with E-state index in [9.17, 15) is 0 Å². The number of H-pyrrole nitrogens is 1. The van der Waals surface area contributed by atoms with Crippen molar-refractivity contribution in [3.63, 3.8) is 0 Å².